The summed E-state index contributed by atoms with van der Waals surface area (Å²) in [7, 11) is 0. The Bertz CT molecular complexity index is 745. The molecule has 2 aliphatic rings. The van der Waals surface area contributed by atoms with E-state index in [0.717, 1.165) is 48.5 Å². The van der Waals surface area contributed by atoms with Crippen LogP contribution in [-0.2, 0) is 6.54 Å². The fourth-order valence-corrected chi connectivity index (χ4v) is 3.03. The van der Waals surface area contributed by atoms with Crippen molar-refractivity contribution in [2.24, 2.45) is 5.10 Å². The van der Waals surface area contributed by atoms with E-state index in [-0.39, 0.29) is 5.91 Å². The first-order valence-electron chi connectivity index (χ1n) is 8.46. The molecule has 5 nitrogen and oxygen atoms in total. The molecule has 0 unspecified atom stereocenters. The first-order chi connectivity index (χ1) is 11.7. The molecule has 0 atom stereocenters. The summed E-state index contributed by atoms with van der Waals surface area (Å²) in [4.78, 5) is 14.8. The summed E-state index contributed by atoms with van der Waals surface area (Å²) in [6.45, 7) is 3.49. The van der Waals surface area contributed by atoms with Crippen LogP contribution in [0.4, 0.5) is 5.69 Å². The molecule has 1 aromatic carbocycles. The molecule has 0 spiro atoms. The Balaban J connectivity index is 1.50. The zero-order valence-electron chi connectivity index (χ0n) is 13.8. The monoisotopic (exact) mass is 323 g/mol. The summed E-state index contributed by atoms with van der Waals surface area (Å²) in [5.41, 5.74) is 2.90. The van der Waals surface area contributed by atoms with E-state index in [0.29, 0.717) is 12.6 Å². The SMILES string of the molecule is CC1=NN(c2ccc(C(=O)N(Cc3ccco3)C3CC3)cc2)CC1. The van der Waals surface area contributed by atoms with Crippen LogP contribution in [0.15, 0.2) is 52.2 Å². The quantitative estimate of drug-likeness (QED) is 0.843. The lowest BCUT2D eigenvalue weighted by molar-refractivity contribution is 0.0717. The van der Waals surface area contributed by atoms with Gasteiger partial charge in [-0.1, -0.05) is 0 Å². The number of hydrogen-bond acceptors (Lipinski definition) is 4. The maximum atomic E-state index is 12.9. The molecular formula is C19H21N3O2. The minimum atomic E-state index is 0.0709. The highest BCUT2D eigenvalue weighted by Gasteiger charge is 2.33. The lowest BCUT2D eigenvalue weighted by atomic mass is 10.1. The summed E-state index contributed by atoms with van der Waals surface area (Å²) in [5, 5.41) is 6.49. The molecule has 1 saturated carbocycles. The fraction of sp³-hybridized carbons (Fsp3) is 0.368. The minimum absolute atomic E-state index is 0.0709. The predicted octanol–water partition coefficient (Wildman–Crippen LogP) is 3.67. The van der Waals surface area contributed by atoms with Crippen molar-refractivity contribution in [3.8, 4) is 0 Å². The van der Waals surface area contributed by atoms with Crippen molar-refractivity contribution in [2.45, 2.75) is 38.8 Å². The largest absolute Gasteiger partial charge is 0.467 e. The highest BCUT2D eigenvalue weighted by molar-refractivity contribution is 5.95. The number of benzene rings is 1. The van der Waals surface area contributed by atoms with Gasteiger partial charge in [-0.25, -0.2) is 0 Å². The molecule has 5 heteroatoms. The first kappa shape index (κ1) is 15.0. The van der Waals surface area contributed by atoms with Gasteiger partial charge in [0.2, 0.25) is 0 Å². The van der Waals surface area contributed by atoms with Crippen molar-refractivity contribution < 1.29 is 9.21 Å². The number of amides is 1. The normalized spacial score (nSPS) is 17.0. The molecule has 0 radical (unpaired) electrons. The Kier molecular flexibility index (Phi) is 3.84. The third kappa shape index (κ3) is 3.07. The third-order valence-electron chi connectivity index (χ3n) is 4.54. The van der Waals surface area contributed by atoms with Crippen LogP contribution in [0.5, 0.6) is 0 Å². The smallest absolute Gasteiger partial charge is 0.254 e. The zero-order chi connectivity index (χ0) is 16.5. The molecule has 1 aliphatic carbocycles. The van der Waals surface area contributed by atoms with Gasteiger partial charge in [-0.2, -0.15) is 5.10 Å². The van der Waals surface area contributed by atoms with Crippen LogP contribution in [-0.4, -0.2) is 29.1 Å². The molecule has 0 saturated heterocycles. The van der Waals surface area contributed by atoms with Crippen LogP contribution in [0.2, 0.25) is 0 Å². The van der Waals surface area contributed by atoms with Crippen molar-refractivity contribution in [2.75, 3.05) is 11.6 Å². The summed E-state index contributed by atoms with van der Waals surface area (Å²) in [5.74, 6) is 0.898. The summed E-state index contributed by atoms with van der Waals surface area (Å²) in [6.07, 6.45) is 4.80. The molecule has 1 fully saturated rings. The third-order valence-corrected chi connectivity index (χ3v) is 4.54. The fourth-order valence-electron chi connectivity index (χ4n) is 3.03. The molecule has 1 aliphatic heterocycles. The second-order valence-corrected chi connectivity index (χ2v) is 6.50. The number of nitrogens with zero attached hydrogens (tertiary/aromatic N) is 3. The highest BCUT2D eigenvalue weighted by atomic mass is 16.3. The Labute approximate surface area is 141 Å². The van der Waals surface area contributed by atoms with Crippen LogP contribution in [0.3, 0.4) is 0 Å². The van der Waals surface area contributed by atoms with Crippen molar-refractivity contribution in [3.05, 3.63) is 54.0 Å². The van der Waals surface area contributed by atoms with Crippen LogP contribution in [0, 0.1) is 0 Å². The lowest BCUT2D eigenvalue weighted by Gasteiger charge is -2.22. The van der Waals surface area contributed by atoms with Gasteiger partial charge in [0, 0.05) is 30.3 Å². The lowest BCUT2D eigenvalue weighted by Crippen LogP contribution is -2.32. The number of anilines is 1. The number of carbonyl (C=O) groups is 1. The van der Waals surface area contributed by atoms with E-state index in [1.165, 1.54) is 0 Å². The molecule has 2 heterocycles. The van der Waals surface area contributed by atoms with Crippen molar-refractivity contribution in [1.82, 2.24) is 4.90 Å². The van der Waals surface area contributed by atoms with Gasteiger partial charge < -0.3 is 9.32 Å². The standard InChI is InChI=1S/C19H21N3O2/c1-14-10-11-22(20-14)17-6-4-15(5-7-17)19(23)21(16-8-9-16)13-18-3-2-12-24-18/h2-7,12,16H,8-11,13H2,1H3. The van der Waals surface area contributed by atoms with Crippen LogP contribution >= 0.6 is 0 Å². The summed E-state index contributed by atoms with van der Waals surface area (Å²) in [6, 6.07) is 11.9. The van der Waals surface area contributed by atoms with Gasteiger partial charge in [0.25, 0.3) is 5.91 Å². The number of hydrazone groups is 1. The van der Waals surface area contributed by atoms with Gasteiger partial charge >= 0.3 is 0 Å². The van der Waals surface area contributed by atoms with Crippen molar-refractivity contribution in [1.29, 1.82) is 0 Å². The van der Waals surface area contributed by atoms with Crippen LogP contribution in [0.1, 0.15) is 42.3 Å². The molecule has 2 aromatic rings. The van der Waals surface area contributed by atoms with Crippen LogP contribution in [0.25, 0.3) is 0 Å². The average Bonchev–Trinajstić information content (AvgIpc) is 3.13. The highest BCUT2D eigenvalue weighted by Crippen LogP contribution is 2.30. The Morgan fingerprint density at radius 3 is 2.67 bits per heavy atom. The van der Waals surface area contributed by atoms with E-state index in [9.17, 15) is 4.79 Å². The Morgan fingerprint density at radius 1 is 1.29 bits per heavy atom. The average molecular weight is 323 g/mol. The molecule has 0 bridgehead atoms. The van der Waals surface area contributed by atoms with Crippen molar-refractivity contribution >= 4 is 17.3 Å². The van der Waals surface area contributed by atoms with Crippen molar-refractivity contribution in [3.63, 3.8) is 0 Å². The van der Waals surface area contributed by atoms with E-state index < -0.39 is 0 Å². The van der Waals surface area contributed by atoms with E-state index in [1.54, 1.807) is 6.26 Å². The molecule has 24 heavy (non-hydrogen) atoms. The number of hydrogen-bond donors (Lipinski definition) is 0. The first-order valence-corrected chi connectivity index (χ1v) is 8.46. The predicted molar refractivity (Wildman–Crippen MR) is 93.1 cm³/mol. The van der Waals surface area contributed by atoms with E-state index in [4.69, 9.17) is 4.42 Å². The summed E-state index contributed by atoms with van der Waals surface area (Å²) < 4.78 is 5.41. The molecule has 1 amide bonds. The molecule has 124 valence electrons. The molecule has 4 rings (SSSR count). The van der Waals surface area contributed by atoms with Gasteiger partial charge in [-0.3, -0.25) is 9.80 Å². The van der Waals surface area contributed by atoms with Gasteiger partial charge in [-0.15, -0.1) is 0 Å². The maximum absolute atomic E-state index is 12.9. The zero-order valence-corrected chi connectivity index (χ0v) is 13.8. The number of rotatable bonds is 5. The second-order valence-electron chi connectivity index (χ2n) is 6.50. The molecular weight excluding hydrogens is 302 g/mol. The molecule has 0 N–H and O–H groups in total. The van der Waals surface area contributed by atoms with Gasteiger partial charge in [0.15, 0.2) is 0 Å². The van der Waals surface area contributed by atoms with Gasteiger partial charge in [-0.05, 0) is 56.2 Å². The van der Waals surface area contributed by atoms with Gasteiger partial charge in [0.05, 0.1) is 18.5 Å². The maximum Gasteiger partial charge on any atom is 0.254 e. The van der Waals surface area contributed by atoms with E-state index in [2.05, 4.69) is 5.10 Å². The van der Waals surface area contributed by atoms with E-state index >= 15 is 0 Å². The number of furan rings is 1. The number of carbonyl (C=O) groups excluding carboxylic acids is 1. The van der Waals surface area contributed by atoms with Gasteiger partial charge in [0.1, 0.15) is 5.76 Å². The summed E-state index contributed by atoms with van der Waals surface area (Å²) >= 11 is 0. The Morgan fingerprint density at radius 2 is 2.08 bits per heavy atom. The molecule has 1 aromatic heterocycles. The van der Waals surface area contributed by atoms with E-state index in [1.807, 2.05) is 53.2 Å². The Hall–Kier alpha value is -2.56. The van der Waals surface area contributed by atoms with Crippen LogP contribution < -0.4 is 5.01 Å². The topological polar surface area (TPSA) is 49.1 Å². The second kappa shape index (κ2) is 6.15. The minimum Gasteiger partial charge on any atom is -0.467 e.